The molecular weight excluding hydrogens is 465 g/mol. The Bertz CT molecular complexity index is 8.00. The first-order chi connectivity index (χ1) is 0. The molecule has 0 aliphatic carbocycles. The molecule has 0 aliphatic heterocycles. The minimum Gasteiger partial charge on any atom is 0 e. The van der Waals surface area contributed by atoms with E-state index in [4.69, 9.17) is 0 Å². The van der Waals surface area contributed by atoms with E-state index in [0.29, 0.717) is 0 Å². The van der Waals surface area contributed by atoms with Crippen LogP contribution in [0.15, 0.2) is 0 Å². The van der Waals surface area contributed by atoms with Crippen LogP contribution in [0.2, 0.25) is 0 Å². The summed E-state index contributed by atoms with van der Waals surface area (Å²) in [4.78, 5) is 0. The van der Waals surface area contributed by atoms with E-state index in [1.807, 2.05) is 0 Å². The van der Waals surface area contributed by atoms with Gasteiger partial charge in [0.2, 0.25) is 0 Å². The second-order valence-corrected chi connectivity index (χ2v) is 0. The molecule has 0 amide bonds. The van der Waals surface area contributed by atoms with Gasteiger partial charge in [0.25, 0.3) is 0 Å². The van der Waals surface area contributed by atoms with E-state index in [0.717, 1.165) is 0 Å². The van der Waals surface area contributed by atoms with Gasteiger partial charge in [-0.2, -0.15) is 0 Å². The zero-order chi connectivity index (χ0) is 0. The molecule has 1 radical (unpaired) electrons. The Labute approximate surface area is 81.3 Å². The van der Waals surface area contributed by atoms with E-state index in [2.05, 4.69) is 0 Å². The van der Waals surface area contributed by atoms with Crippen LogP contribution in [-0.2, 0) is 82.5 Å². The summed E-state index contributed by atoms with van der Waals surface area (Å²) in [6, 6.07) is 0. The van der Waals surface area contributed by atoms with Gasteiger partial charge in [-0.1, -0.05) is 0 Å². The maximum atomic E-state index is 0. The summed E-state index contributed by atoms with van der Waals surface area (Å²) in [5, 5.41) is 0. The van der Waals surface area contributed by atoms with Crippen molar-refractivity contribution < 1.29 is 82.5 Å². The molecule has 0 atom stereocenters. The van der Waals surface area contributed by atoms with Crippen molar-refractivity contribution in [2.75, 3.05) is 0 Å². The third kappa shape index (κ3) is 8.82. The van der Waals surface area contributed by atoms with Crippen molar-refractivity contribution in [3.63, 3.8) is 0 Å². The molecule has 0 aliphatic rings. The average molecular weight is 465 g/mol. The van der Waals surface area contributed by atoms with Gasteiger partial charge in [-0.3, -0.25) is 0 Å². The number of hydrogen-bond donors (Lipinski definition) is 0. The zero-order valence-corrected chi connectivity index (χ0v) is 10.7. The van der Waals surface area contributed by atoms with Crippen molar-refractivity contribution in [1.29, 1.82) is 0 Å². The minimum atomic E-state index is 0. The summed E-state index contributed by atoms with van der Waals surface area (Å²) < 4.78 is 0. The summed E-state index contributed by atoms with van der Waals surface area (Å²) in [6.07, 6.45) is 0. The van der Waals surface area contributed by atoms with Gasteiger partial charge < -0.3 is 0 Å². The summed E-state index contributed by atoms with van der Waals surface area (Å²) >= 11 is 0. The van der Waals surface area contributed by atoms with Crippen molar-refractivity contribution >= 4 is 0 Å². The van der Waals surface area contributed by atoms with Crippen molar-refractivity contribution in [2.45, 2.75) is 0 Å². The smallest absolute Gasteiger partial charge is 0 e. The molecule has 0 aromatic rings. The topological polar surface area (TPSA) is 0 Å². The molecule has 0 nitrogen and oxygen atoms in total. The van der Waals surface area contributed by atoms with Crippen LogP contribution < -0.4 is 0 Å². The molecule has 0 aromatic heterocycles. The molecule has 4 heavy (non-hydrogen) atoms. The van der Waals surface area contributed by atoms with Crippen LogP contribution in [0.5, 0.6) is 0 Å². The Hall–Kier alpha value is 2.68. The van der Waals surface area contributed by atoms with Crippen molar-refractivity contribution in [2.24, 2.45) is 0 Å². The van der Waals surface area contributed by atoms with Gasteiger partial charge in [0, 0.05) is 82.5 Å². The van der Waals surface area contributed by atoms with E-state index >= 15 is 0 Å². The van der Waals surface area contributed by atoms with Crippen LogP contribution in [0.1, 0.15) is 0 Å². The Morgan fingerprint density at radius 3 is 1.00 bits per heavy atom. The third-order valence-electron chi connectivity index (χ3n) is 0. The molecule has 0 heterocycles. The quantitative estimate of drug-likeness (QED) is 0.443. The van der Waals surface area contributed by atoms with Crippen LogP contribution in [0, 0.1) is 0 Å². The molecule has 0 saturated carbocycles. The molecule has 4 heteroatoms. The number of hydrogen-bond acceptors (Lipinski definition) is 0. The van der Waals surface area contributed by atoms with Crippen LogP contribution in [-0.4, -0.2) is 0 Å². The van der Waals surface area contributed by atoms with E-state index in [1.165, 1.54) is 0 Å². The molecule has 0 unspecified atom stereocenters. The standard InChI is InChI=1S/Cr.Ta.Ti.W. The summed E-state index contributed by atoms with van der Waals surface area (Å²) in [5.41, 5.74) is 0. The molecule has 0 spiro atoms. The van der Waals surface area contributed by atoms with Crippen LogP contribution in [0.3, 0.4) is 0 Å². The van der Waals surface area contributed by atoms with Gasteiger partial charge >= 0.3 is 0 Å². The van der Waals surface area contributed by atoms with Crippen LogP contribution in [0.25, 0.3) is 0 Å². The Morgan fingerprint density at radius 2 is 1.00 bits per heavy atom. The first kappa shape index (κ1) is 30.0. The molecule has 0 fully saturated rings. The van der Waals surface area contributed by atoms with Gasteiger partial charge in [-0.05, 0) is 0 Å². The Kier molecular flexibility index (Phi) is 130. The van der Waals surface area contributed by atoms with Crippen LogP contribution >= 0.6 is 0 Å². The van der Waals surface area contributed by atoms with Crippen molar-refractivity contribution in [1.82, 2.24) is 0 Å². The molecule has 0 saturated heterocycles. The SMILES string of the molecule is [Cr].[Ta].[Ti].[W]. The first-order valence-electron chi connectivity index (χ1n) is 0. The predicted octanol–water partition coefficient (Wildman–Crippen LogP) is -0.0100. The van der Waals surface area contributed by atoms with Gasteiger partial charge in [-0.15, -0.1) is 0 Å². The van der Waals surface area contributed by atoms with Gasteiger partial charge in [0.15, 0.2) is 0 Å². The largest absolute Gasteiger partial charge is 0 e. The Morgan fingerprint density at radius 1 is 1.00 bits per heavy atom. The first-order valence-corrected chi connectivity index (χ1v) is 0. The molecule has 0 aromatic carbocycles. The molecule has 0 N–H and O–H groups in total. The van der Waals surface area contributed by atoms with Crippen molar-refractivity contribution in [3.05, 3.63) is 0 Å². The van der Waals surface area contributed by atoms with Crippen LogP contribution in [0.4, 0.5) is 0 Å². The fraction of sp³-hybridized carbons (Fsp3) is 0. The summed E-state index contributed by atoms with van der Waals surface area (Å²) in [7, 11) is 0. The van der Waals surface area contributed by atoms with Gasteiger partial charge in [0.1, 0.15) is 0 Å². The van der Waals surface area contributed by atoms with E-state index in [1.54, 1.807) is 0 Å². The molecule has 21 valence electrons. The second kappa shape index (κ2) is 17.3. The molecule has 0 bridgehead atoms. The van der Waals surface area contributed by atoms with E-state index < -0.39 is 0 Å². The van der Waals surface area contributed by atoms with Gasteiger partial charge in [-0.25, -0.2) is 0 Å². The molecular formula is CrTaTiW. The zero-order valence-electron chi connectivity index (χ0n) is 1.76. The fourth-order valence-electron chi connectivity index (χ4n) is 0. The maximum Gasteiger partial charge on any atom is 0 e. The summed E-state index contributed by atoms with van der Waals surface area (Å²) in [5.74, 6) is 0. The van der Waals surface area contributed by atoms with E-state index in [-0.39, 0.29) is 82.5 Å². The average Bonchev–Trinajstić information content (AvgIpc) is 0. The number of rotatable bonds is 0. The predicted molar refractivity (Wildman–Crippen MR) is 0 cm³/mol. The van der Waals surface area contributed by atoms with Crippen molar-refractivity contribution in [3.8, 4) is 0 Å². The third-order valence-corrected chi connectivity index (χ3v) is 0. The minimum absolute atomic E-state index is 0. The fourth-order valence-corrected chi connectivity index (χ4v) is 0. The molecule has 0 rings (SSSR count). The Balaban J connectivity index is 0. The second-order valence-electron chi connectivity index (χ2n) is 0. The maximum absolute atomic E-state index is 0. The van der Waals surface area contributed by atoms with E-state index in [9.17, 15) is 0 Å². The summed E-state index contributed by atoms with van der Waals surface area (Å²) in [6.45, 7) is 0. The normalized spacial score (nSPS) is 0. The van der Waals surface area contributed by atoms with Gasteiger partial charge in [0.05, 0.1) is 0 Å². The monoisotopic (exact) mass is 465 g/mol.